The molecule has 2 atom stereocenters. The highest BCUT2D eigenvalue weighted by molar-refractivity contribution is 5.70. The summed E-state index contributed by atoms with van der Waals surface area (Å²) in [5.74, 6) is -1.72. The lowest BCUT2D eigenvalue weighted by molar-refractivity contribution is -0.889. The van der Waals surface area contributed by atoms with Gasteiger partial charge in [0.15, 0.2) is 6.10 Å². The molecule has 0 bridgehead atoms. The minimum absolute atomic E-state index is 0.0457. The summed E-state index contributed by atoms with van der Waals surface area (Å²) in [6.07, 6.45) is 49.5. The van der Waals surface area contributed by atoms with Crippen molar-refractivity contribution < 1.29 is 38.2 Å². The summed E-state index contributed by atoms with van der Waals surface area (Å²) in [4.78, 5) is 37.0. The van der Waals surface area contributed by atoms with Crippen LogP contribution in [0.15, 0.2) is 12.2 Å². The molecule has 0 saturated heterocycles. The molecule has 0 heterocycles. The van der Waals surface area contributed by atoms with E-state index in [-0.39, 0.29) is 42.7 Å². The molecule has 0 amide bonds. The third-order valence-electron chi connectivity index (χ3n) is 12.2. The maximum absolute atomic E-state index is 12.8. The number of carbonyl (C=O) groups excluding carboxylic acids is 3. The van der Waals surface area contributed by atoms with Gasteiger partial charge in [0, 0.05) is 19.3 Å². The maximum atomic E-state index is 12.8. The quantitative estimate of drug-likeness (QED) is 0.0260. The Morgan fingerprint density at radius 1 is 0.475 bits per heavy atom. The molecule has 360 valence electrons. The summed E-state index contributed by atoms with van der Waals surface area (Å²) in [7, 11) is 5.43. The van der Waals surface area contributed by atoms with Crippen molar-refractivity contribution >= 4 is 17.9 Å². The van der Waals surface area contributed by atoms with Crippen molar-refractivity contribution in [2.24, 2.45) is 0 Å². The number of aliphatic carboxylic acids is 1. The predicted molar refractivity (Wildman–Crippen MR) is 254 cm³/mol. The van der Waals surface area contributed by atoms with Gasteiger partial charge in [0.1, 0.15) is 12.6 Å². The Morgan fingerprint density at radius 2 is 0.820 bits per heavy atom. The Kier molecular flexibility index (Phi) is 43.3. The minimum Gasteiger partial charge on any atom is -0.544 e. The monoisotopic (exact) mass is 864 g/mol. The molecule has 0 radical (unpaired) electrons. The first-order valence-electron chi connectivity index (χ1n) is 26.2. The van der Waals surface area contributed by atoms with Crippen LogP contribution in [0.1, 0.15) is 258 Å². The van der Waals surface area contributed by atoms with Crippen LogP contribution in [0, 0.1) is 0 Å². The number of hydrogen-bond acceptors (Lipinski definition) is 7. The molecule has 0 fully saturated rings. The second-order valence-electron chi connectivity index (χ2n) is 19.1. The number of rotatable bonds is 48. The zero-order valence-corrected chi connectivity index (χ0v) is 41.1. The molecule has 2 unspecified atom stereocenters. The van der Waals surface area contributed by atoms with E-state index in [0.29, 0.717) is 12.8 Å². The first kappa shape index (κ1) is 59.1. The largest absolute Gasteiger partial charge is 0.544 e. The van der Waals surface area contributed by atoms with E-state index in [0.717, 1.165) is 38.5 Å². The molecule has 0 saturated carbocycles. The number of hydrogen-bond donors (Lipinski definition) is 0. The lowest BCUT2D eigenvalue weighted by Gasteiger charge is -2.34. The Bertz CT molecular complexity index is 1010. The van der Waals surface area contributed by atoms with Crippen molar-refractivity contribution in [2.75, 3.05) is 41.0 Å². The van der Waals surface area contributed by atoms with E-state index in [1.54, 1.807) is 0 Å². The molecule has 0 aliphatic rings. The number of allylic oxidation sites excluding steroid dienone is 2. The number of likely N-dealkylation sites (N-methyl/N-ethyl adjacent to an activating group) is 1. The molecule has 0 aliphatic heterocycles. The van der Waals surface area contributed by atoms with Crippen LogP contribution in [0.25, 0.3) is 0 Å². The summed E-state index contributed by atoms with van der Waals surface area (Å²) >= 11 is 0. The Morgan fingerprint density at radius 3 is 1.18 bits per heavy atom. The first-order valence-corrected chi connectivity index (χ1v) is 26.2. The Labute approximate surface area is 378 Å². The summed E-state index contributed by atoms with van der Waals surface area (Å²) in [6.45, 7) is 4.71. The van der Waals surface area contributed by atoms with Crippen molar-refractivity contribution in [1.82, 2.24) is 0 Å². The van der Waals surface area contributed by atoms with Crippen LogP contribution < -0.4 is 5.11 Å². The summed E-state index contributed by atoms with van der Waals surface area (Å²) < 4.78 is 17.3. The van der Waals surface area contributed by atoms with Gasteiger partial charge in [-0.15, -0.1) is 0 Å². The number of carboxylic acid groups (broad SMARTS) is 1. The first-order chi connectivity index (χ1) is 29.6. The molecule has 8 nitrogen and oxygen atoms in total. The zero-order valence-electron chi connectivity index (χ0n) is 41.1. The summed E-state index contributed by atoms with van der Waals surface area (Å²) in [6, 6.07) is -0.722. The average molecular weight is 864 g/mol. The Hall–Kier alpha value is -1.93. The fourth-order valence-electron chi connectivity index (χ4n) is 8.07. The molecule has 0 aromatic heterocycles. The summed E-state index contributed by atoms with van der Waals surface area (Å²) in [5.41, 5.74) is 0. The van der Waals surface area contributed by atoms with Crippen LogP contribution in [0.2, 0.25) is 0 Å². The highest BCUT2D eigenvalue weighted by Crippen LogP contribution is 2.16. The van der Waals surface area contributed by atoms with Gasteiger partial charge in [0.05, 0.1) is 40.3 Å². The van der Waals surface area contributed by atoms with Gasteiger partial charge < -0.3 is 28.6 Å². The Balaban J connectivity index is 4.20. The van der Waals surface area contributed by atoms with Crippen molar-refractivity contribution in [3.05, 3.63) is 12.2 Å². The molecule has 0 N–H and O–H groups in total. The molecule has 61 heavy (non-hydrogen) atoms. The van der Waals surface area contributed by atoms with E-state index >= 15 is 0 Å². The van der Waals surface area contributed by atoms with Crippen molar-refractivity contribution in [2.45, 2.75) is 270 Å². The van der Waals surface area contributed by atoms with Gasteiger partial charge in [0.25, 0.3) is 0 Å². The number of unbranched alkanes of at least 4 members (excludes halogenated alkanes) is 32. The zero-order chi connectivity index (χ0) is 44.9. The molecule has 0 aromatic rings. The third-order valence-corrected chi connectivity index (χ3v) is 12.2. The lowest BCUT2D eigenvalue weighted by Crippen LogP contribution is -2.55. The van der Waals surface area contributed by atoms with Crippen molar-refractivity contribution in [1.29, 1.82) is 0 Å². The topological polar surface area (TPSA) is 102 Å². The van der Waals surface area contributed by atoms with Crippen LogP contribution >= 0.6 is 0 Å². The number of carbonyl (C=O) groups is 3. The molecule has 0 aliphatic carbocycles. The van der Waals surface area contributed by atoms with Gasteiger partial charge in [0.2, 0.25) is 0 Å². The predicted octanol–water partition coefficient (Wildman–Crippen LogP) is 13.7. The molecule has 0 aromatic carbocycles. The molecule has 8 heteroatoms. The fraction of sp³-hybridized carbons (Fsp3) is 0.906. The average Bonchev–Trinajstić information content (AvgIpc) is 3.22. The number of quaternary nitrogens is 1. The fourth-order valence-corrected chi connectivity index (χ4v) is 8.07. The number of nitrogens with zero attached hydrogens (tertiary/aromatic N) is 1. The smallest absolute Gasteiger partial charge is 0.306 e. The second-order valence-corrected chi connectivity index (χ2v) is 19.1. The van der Waals surface area contributed by atoms with E-state index in [1.807, 2.05) is 21.1 Å². The standard InChI is InChI=1S/C53H101NO7/c1-6-8-10-12-14-16-18-20-22-24-26-28-29-31-33-35-37-39-41-43-51(55)60-48-49(47-59-46-45-50(53(57)58)54(3,4)5)61-52(56)44-42-40-38-36-34-32-30-27-25-23-21-19-17-15-13-11-9-7-2/h24,26,49-50H,6-23,25,27-48H2,1-5H3/b26-24+. The van der Waals surface area contributed by atoms with Gasteiger partial charge in [-0.25, -0.2) is 0 Å². The van der Waals surface area contributed by atoms with Crippen LogP contribution in [0.4, 0.5) is 0 Å². The van der Waals surface area contributed by atoms with Crippen molar-refractivity contribution in [3.8, 4) is 0 Å². The van der Waals surface area contributed by atoms with Gasteiger partial charge >= 0.3 is 11.9 Å². The van der Waals surface area contributed by atoms with Gasteiger partial charge in [-0.05, 0) is 38.5 Å². The minimum atomic E-state index is -1.12. The van der Waals surface area contributed by atoms with Gasteiger partial charge in [-0.2, -0.15) is 0 Å². The van der Waals surface area contributed by atoms with Crippen molar-refractivity contribution in [3.63, 3.8) is 0 Å². The number of ether oxygens (including phenoxy) is 3. The van der Waals surface area contributed by atoms with E-state index in [4.69, 9.17) is 14.2 Å². The lowest BCUT2D eigenvalue weighted by atomic mass is 10.0. The van der Waals surface area contributed by atoms with E-state index in [2.05, 4.69) is 26.0 Å². The van der Waals surface area contributed by atoms with E-state index < -0.39 is 18.1 Å². The highest BCUT2D eigenvalue weighted by Gasteiger charge is 2.25. The number of carboxylic acids is 1. The van der Waals surface area contributed by atoms with Crippen LogP contribution in [-0.4, -0.2) is 75.5 Å². The SMILES string of the molecule is CCCCCCCCCC/C=C/CCCCCCCCCC(=O)OCC(COCCC(C(=O)[O-])[N+](C)(C)C)OC(=O)CCCCCCCCCCCCCCCCCCCC. The maximum Gasteiger partial charge on any atom is 0.306 e. The van der Waals surface area contributed by atoms with E-state index in [1.165, 1.54) is 186 Å². The van der Waals surface area contributed by atoms with E-state index in [9.17, 15) is 19.5 Å². The molecule has 0 rings (SSSR count). The third kappa shape index (κ3) is 43.1. The normalized spacial score (nSPS) is 12.9. The molecule has 0 spiro atoms. The molecular formula is C53H101NO7. The van der Waals surface area contributed by atoms with Crippen LogP contribution in [0.3, 0.4) is 0 Å². The number of esters is 2. The van der Waals surface area contributed by atoms with Crippen LogP contribution in [-0.2, 0) is 28.6 Å². The second kappa shape index (κ2) is 44.7. The summed E-state index contributed by atoms with van der Waals surface area (Å²) in [5, 5.41) is 11.7. The highest BCUT2D eigenvalue weighted by atomic mass is 16.6. The van der Waals surface area contributed by atoms with Gasteiger partial charge in [-0.1, -0.05) is 212 Å². The molecular weight excluding hydrogens is 763 g/mol. The van der Waals surface area contributed by atoms with Crippen LogP contribution in [0.5, 0.6) is 0 Å². The van der Waals surface area contributed by atoms with Gasteiger partial charge in [-0.3, -0.25) is 9.59 Å².